The van der Waals surface area contributed by atoms with E-state index in [0.29, 0.717) is 12.8 Å². The summed E-state index contributed by atoms with van der Waals surface area (Å²) in [7, 11) is 0. The molecule has 3 aromatic heterocycles. The number of carbonyl (C=O) groups is 1. The molecule has 0 N–H and O–H groups in total. The van der Waals surface area contributed by atoms with Crippen LogP contribution in [0.3, 0.4) is 0 Å². The normalized spacial score (nSPS) is 12.6. The number of carbonyl (C=O) groups excluding carboxylic acids is 1. The van der Waals surface area contributed by atoms with Crippen molar-refractivity contribution in [1.29, 1.82) is 5.26 Å². The van der Waals surface area contributed by atoms with Crippen LogP contribution in [-0.4, -0.2) is 25.1 Å². The first kappa shape index (κ1) is 35.3. The Kier molecular flexibility index (Phi) is 11.7. The summed E-state index contributed by atoms with van der Waals surface area (Å²) in [4.78, 5) is 26.8. The predicted molar refractivity (Wildman–Crippen MR) is 211 cm³/mol. The fourth-order valence-corrected chi connectivity index (χ4v) is 7.43. The molecule has 0 amide bonds. The molecule has 0 saturated heterocycles. The fraction of sp³-hybridized carbons (Fsp3) is 0.163. The van der Waals surface area contributed by atoms with Crippen molar-refractivity contribution < 1.29 is 11.0 Å². The number of aromatic nitrogens is 3. The van der Waals surface area contributed by atoms with Gasteiger partial charge >= 0.3 is 5.97 Å². The SMILES string of the molecule is CC(C#N)(CCC(=O)OCc1ccc(-c2cc(-c3ccccn3)nc(-c3ccccn3)c2)cc1)CC(SC(=S)c1ccccc1)c1ccccc1.[HH]. The molecule has 0 aliphatic carbocycles. The molecular formula is C43H38N4O2S2. The van der Waals surface area contributed by atoms with E-state index in [1.54, 1.807) is 24.2 Å². The van der Waals surface area contributed by atoms with Crippen molar-refractivity contribution in [1.82, 2.24) is 15.0 Å². The molecule has 6 nitrogen and oxygen atoms in total. The second-order valence-corrected chi connectivity index (χ2v) is 14.3. The average Bonchev–Trinajstić information content (AvgIpc) is 3.20. The maximum absolute atomic E-state index is 13.0. The Labute approximate surface area is 310 Å². The maximum Gasteiger partial charge on any atom is 0.306 e. The van der Waals surface area contributed by atoms with Crippen molar-refractivity contribution in [2.45, 2.75) is 38.0 Å². The maximum atomic E-state index is 13.0. The van der Waals surface area contributed by atoms with Gasteiger partial charge in [0.15, 0.2) is 0 Å². The molecule has 51 heavy (non-hydrogen) atoms. The van der Waals surface area contributed by atoms with Gasteiger partial charge in [0, 0.05) is 25.5 Å². The van der Waals surface area contributed by atoms with Crippen LogP contribution in [0.1, 0.15) is 49.6 Å². The molecule has 0 spiro atoms. The van der Waals surface area contributed by atoms with E-state index in [9.17, 15) is 10.1 Å². The molecule has 2 atom stereocenters. The number of nitriles is 1. The van der Waals surface area contributed by atoms with Gasteiger partial charge < -0.3 is 4.74 Å². The number of thiocarbonyl (C=S) groups is 1. The molecule has 254 valence electrons. The van der Waals surface area contributed by atoms with Gasteiger partial charge in [-0.3, -0.25) is 14.8 Å². The molecule has 6 aromatic rings. The molecule has 8 heteroatoms. The zero-order chi connectivity index (χ0) is 35.5. The summed E-state index contributed by atoms with van der Waals surface area (Å²) in [6.45, 7) is 2.06. The number of thioether (sulfide) groups is 1. The lowest BCUT2D eigenvalue weighted by atomic mass is 9.81. The molecular weight excluding hydrogens is 669 g/mol. The van der Waals surface area contributed by atoms with Crippen molar-refractivity contribution >= 4 is 34.1 Å². The average molecular weight is 707 g/mol. The Balaban J connectivity index is 0.00000523. The van der Waals surface area contributed by atoms with E-state index in [1.807, 2.05) is 128 Å². The third-order valence-corrected chi connectivity index (χ3v) is 10.3. The lowest BCUT2D eigenvalue weighted by Crippen LogP contribution is -2.20. The second-order valence-electron chi connectivity index (χ2n) is 12.5. The van der Waals surface area contributed by atoms with Crippen LogP contribution < -0.4 is 0 Å². The third kappa shape index (κ3) is 9.61. The topological polar surface area (TPSA) is 88.8 Å². The van der Waals surface area contributed by atoms with Gasteiger partial charge in [-0.2, -0.15) is 5.26 Å². The van der Waals surface area contributed by atoms with Gasteiger partial charge in [-0.25, -0.2) is 4.98 Å². The minimum Gasteiger partial charge on any atom is -0.461 e. The van der Waals surface area contributed by atoms with Crippen LogP contribution in [0.5, 0.6) is 0 Å². The Bertz CT molecular complexity index is 2060. The number of rotatable bonds is 13. The number of ether oxygens (including phenoxy) is 1. The van der Waals surface area contributed by atoms with Gasteiger partial charge in [-0.05, 0) is 84.0 Å². The van der Waals surface area contributed by atoms with E-state index in [4.69, 9.17) is 21.9 Å². The number of esters is 1. The van der Waals surface area contributed by atoms with E-state index in [2.05, 4.69) is 28.2 Å². The number of hydrogen-bond acceptors (Lipinski definition) is 8. The molecule has 3 aromatic carbocycles. The Hall–Kier alpha value is -5.49. The largest absolute Gasteiger partial charge is 0.461 e. The number of nitrogens with zero attached hydrogens (tertiary/aromatic N) is 4. The highest BCUT2D eigenvalue weighted by Gasteiger charge is 2.31. The van der Waals surface area contributed by atoms with Gasteiger partial charge in [-0.1, -0.05) is 109 Å². The molecule has 0 bridgehead atoms. The summed E-state index contributed by atoms with van der Waals surface area (Å²) in [5.74, 6) is -0.335. The van der Waals surface area contributed by atoms with Crippen LogP contribution in [0.25, 0.3) is 33.9 Å². The molecule has 3 heterocycles. The van der Waals surface area contributed by atoms with Crippen molar-refractivity contribution in [2.75, 3.05) is 0 Å². The van der Waals surface area contributed by atoms with Crippen molar-refractivity contribution in [3.63, 3.8) is 0 Å². The lowest BCUT2D eigenvalue weighted by molar-refractivity contribution is -0.145. The van der Waals surface area contributed by atoms with E-state index >= 15 is 0 Å². The van der Waals surface area contributed by atoms with E-state index in [0.717, 1.165) is 54.8 Å². The quantitative estimate of drug-likeness (QED) is 0.0866. The minimum atomic E-state index is -0.757. The summed E-state index contributed by atoms with van der Waals surface area (Å²) in [6, 6.07) is 46.0. The first-order chi connectivity index (χ1) is 24.9. The number of hydrogen-bond donors (Lipinski definition) is 0. The first-order valence-electron chi connectivity index (χ1n) is 16.7. The molecule has 0 aliphatic rings. The molecule has 6 rings (SSSR count). The Morgan fingerprint density at radius 2 is 1.39 bits per heavy atom. The van der Waals surface area contributed by atoms with E-state index in [-0.39, 0.29) is 25.7 Å². The van der Waals surface area contributed by atoms with Gasteiger partial charge in [0.1, 0.15) is 6.61 Å². The Morgan fingerprint density at radius 1 is 0.804 bits per heavy atom. The summed E-state index contributed by atoms with van der Waals surface area (Å²) in [5, 5.41) is 10.2. The summed E-state index contributed by atoms with van der Waals surface area (Å²) < 4.78 is 6.46. The van der Waals surface area contributed by atoms with Crippen LogP contribution in [0.4, 0.5) is 0 Å². The predicted octanol–water partition coefficient (Wildman–Crippen LogP) is 10.7. The number of pyridine rings is 3. The standard InChI is InChI=1S/C43H36N4O2S2.H2/c1-43(30-44,28-40(33-12-4-2-5-13-33)51-42(50)34-14-6-3-7-15-34)23-22-41(48)49-29-31-18-20-32(21-19-31)35-26-38(36-16-8-10-24-45-36)47-39(27-35)37-17-9-11-25-46-37;/h2-21,24-27,40H,22-23,28-29H2,1H3;1H. The highest BCUT2D eigenvalue weighted by Crippen LogP contribution is 2.43. The molecule has 0 radical (unpaired) electrons. The monoisotopic (exact) mass is 706 g/mol. The minimum absolute atomic E-state index is 0. The highest BCUT2D eigenvalue weighted by molar-refractivity contribution is 8.23. The van der Waals surface area contributed by atoms with Crippen molar-refractivity contribution in [3.05, 3.63) is 163 Å². The number of benzene rings is 3. The van der Waals surface area contributed by atoms with E-state index < -0.39 is 5.41 Å². The first-order valence-corrected chi connectivity index (χ1v) is 18.0. The summed E-state index contributed by atoms with van der Waals surface area (Å²) in [6.07, 6.45) is 4.57. The van der Waals surface area contributed by atoms with Crippen molar-refractivity contribution in [2.24, 2.45) is 5.41 Å². The molecule has 0 aliphatic heterocycles. The Morgan fingerprint density at radius 3 is 1.96 bits per heavy atom. The van der Waals surface area contributed by atoms with Gasteiger partial charge in [0.2, 0.25) is 0 Å². The summed E-state index contributed by atoms with van der Waals surface area (Å²) >= 11 is 7.38. The van der Waals surface area contributed by atoms with Crippen molar-refractivity contribution in [3.8, 4) is 40.0 Å². The van der Waals surface area contributed by atoms with E-state index in [1.165, 1.54) is 0 Å². The zero-order valence-electron chi connectivity index (χ0n) is 28.2. The zero-order valence-corrected chi connectivity index (χ0v) is 29.8. The molecule has 2 unspecified atom stereocenters. The van der Waals surface area contributed by atoms with Gasteiger partial charge in [0.05, 0.1) is 38.5 Å². The smallest absolute Gasteiger partial charge is 0.306 e. The van der Waals surface area contributed by atoms with Crippen LogP contribution in [0.15, 0.2) is 146 Å². The highest BCUT2D eigenvalue weighted by atomic mass is 32.2. The van der Waals surface area contributed by atoms with Gasteiger partial charge in [0.25, 0.3) is 0 Å². The lowest BCUT2D eigenvalue weighted by Gasteiger charge is -2.27. The van der Waals surface area contributed by atoms with Crippen LogP contribution in [0.2, 0.25) is 0 Å². The van der Waals surface area contributed by atoms with Crippen LogP contribution in [-0.2, 0) is 16.1 Å². The third-order valence-electron chi connectivity index (χ3n) is 8.58. The fourth-order valence-electron chi connectivity index (χ4n) is 5.68. The van der Waals surface area contributed by atoms with Crippen LogP contribution >= 0.6 is 24.0 Å². The van der Waals surface area contributed by atoms with Gasteiger partial charge in [-0.15, -0.1) is 11.8 Å². The molecule has 0 fully saturated rings. The summed E-state index contributed by atoms with van der Waals surface area (Å²) in [5.41, 5.74) is 7.22. The van der Waals surface area contributed by atoms with Crippen LogP contribution in [0, 0.1) is 16.7 Å². The second kappa shape index (κ2) is 16.9. The molecule has 0 saturated carbocycles.